The van der Waals surface area contributed by atoms with Crippen LogP contribution >= 0.6 is 0 Å². The summed E-state index contributed by atoms with van der Waals surface area (Å²) >= 11 is 0. The van der Waals surface area contributed by atoms with Gasteiger partial charge in [0.05, 0.1) is 36.9 Å². The Morgan fingerprint density at radius 2 is 1.59 bits per heavy atom. The zero-order chi connectivity index (χ0) is 32.7. The SMILES string of the molecule is NCCCN[C@@H]1C[C@H](O)[C@@H](CN)O[C@@H]1O[C@H]1[C@H](O)[C@@H](O[C@H]2O[C@H](CO)[C@@H](O)[C@H](N)[C@H]2O)[C@H](NC(=O)C(O)C(F)CN)C[C@@H]1N. The Bertz CT molecular complexity index is 888. The second-order valence-electron chi connectivity index (χ2n) is 11.5. The Kier molecular flexibility index (Phi) is 14.4. The van der Waals surface area contributed by atoms with E-state index >= 15 is 0 Å². The van der Waals surface area contributed by atoms with E-state index in [9.17, 15) is 39.8 Å². The van der Waals surface area contributed by atoms with Crippen molar-refractivity contribution in [3.05, 3.63) is 0 Å². The van der Waals surface area contributed by atoms with Crippen LogP contribution in [0.3, 0.4) is 0 Å². The molecule has 0 bridgehead atoms. The van der Waals surface area contributed by atoms with Gasteiger partial charge in [-0.05, 0) is 32.4 Å². The fraction of sp³-hybridized carbons (Fsp3) is 0.960. The first-order valence-corrected chi connectivity index (χ1v) is 14.8. The lowest BCUT2D eigenvalue weighted by Crippen LogP contribution is -2.69. The smallest absolute Gasteiger partial charge is 0.252 e. The van der Waals surface area contributed by atoms with E-state index in [4.69, 9.17) is 47.6 Å². The van der Waals surface area contributed by atoms with Crippen LogP contribution in [0.2, 0.25) is 0 Å². The number of nitrogens with one attached hydrogen (secondary N) is 2. The van der Waals surface area contributed by atoms with Gasteiger partial charge in [-0.3, -0.25) is 4.79 Å². The third-order valence-electron chi connectivity index (χ3n) is 8.28. The summed E-state index contributed by atoms with van der Waals surface area (Å²) in [5, 5.41) is 68.2. The Morgan fingerprint density at radius 1 is 0.932 bits per heavy atom. The van der Waals surface area contributed by atoms with E-state index in [1.807, 2.05) is 0 Å². The van der Waals surface area contributed by atoms with E-state index < -0.39 is 117 Å². The molecule has 0 aromatic rings. The van der Waals surface area contributed by atoms with Crippen molar-refractivity contribution < 1.29 is 58.8 Å². The molecule has 258 valence electrons. The van der Waals surface area contributed by atoms with Crippen molar-refractivity contribution in [1.82, 2.24) is 10.6 Å². The molecule has 19 heteroatoms. The van der Waals surface area contributed by atoms with Crippen molar-refractivity contribution in [2.45, 2.75) is 117 Å². The highest BCUT2D eigenvalue weighted by Gasteiger charge is 2.51. The highest BCUT2D eigenvalue weighted by atomic mass is 19.1. The number of rotatable bonds is 14. The lowest BCUT2D eigenvalue weighted by atomic mass is 9.83. The van der Waals surface area contributed by atoms with Crippen LogP contribution in [-0.2, 0) is 23.7 Å². The fourth-order valence-electron chi connectivity index (χ4n) is 5.63. The molecule has 1 aliphatic carbocycles. The highest BCUT2D eigenvalue weighted by Crippen LogP contribution is 2.32. The molecule has 0 aromatic carbocycles. The quantitative estimate of drug-likeness (QED) is 0.0781. The first-order chi connectivity index (χ1) is 20.9. The van der Waals surface area contributed by atoms with Gasteiger partial charge in [0.15, 0.2) is 18.7 Å². The lowest BCUT2D eigenvalue weighted by Gasteiger charge is -2.49. The van der Waals surface area contributed by atoms with Gasteiger partial charge >= 0.3 is 0 Å². The summed E-state index contributed by atoms with van der Waals surface area (Å²) in [4.78, 5) is 12.7. The zero-order valence-electron chi connectivity index (χ0n) is 24.4. The van der Waals surface area contributed by atoms with Crippen molar-refractivity contribution in [2.75, 3.05) is 32.8 Å². The molecule has 3 fully saturated rings. The Labute approximate surface area is 254 Å². The molecule has 44 heavy (non-hydrogen) atoms. The number of carbonyl (C=O) groups is 1. The number of ether oxygens (including phenoxy) is 4. The minimum Gasteiger partial charge on any atom is -0.394 e. The largest absolute Gasteiger partial charge is 0.394 e. The average molecular weight is 644 g/mol. The molecule has 1 amide bonds. The molecule has 2 aliphatic heterocycles. The normalized spacial score (nSPS) is 42.9. The van der Waals surface area contributed by atoms with Crippen LogP contribution in [0.5, 0.6) is 0 Å². The van der Waals surface area contributed by atoms with E-state index in [1.165, 1.54) is 0 Å². The molecule has 3 aliphatic rings. The van der Waals surface area contributed by atoms with Crippen LogP contribution in [0.4, 0.5) is 4.39 Å². The van der Waals surface area contributed by atoms with Gasteiger partial charge in [0.2, 0.25) is 0 Å². The van der Waals surface area contributed by atoms with Gasteiger partial charge in [-0.25, -0.2) is 4.39 Å². The number of hydrogen-bond donors (Lipinski definition) is 13. The summed E-state index contributed by atoms with van der Waals surface area (Å²) in [5.74, 6) is -1.16. The van der Waals surface area contributed by atoms with Crippen LogP contribution in [0.25, 0.3) is 0 Å². The number of alkyl halides is 1. The Hall–Kier alpha value is -1.24. The molecule has 0 aromatic heterocycles. The number of aliphatic hydroxyl groups is 6. The van der Waals surface area contributed by atoms with Crippen molar-refractivity contribution in [2.24, 2.45) is 28.7 Å². The molecule has 2 heterocycles. The van der Waals surface area contributed by atoms with Crippen LogP contribution in [0.15, 0.2) is 0 Å². The molecular weight excluding hydrogens is 593 g/mol. The number of halogens is 1. The van der Waals surface area contributed by atoms with Gasteiger partial charge < -0.3 is 88.9 Å². The van der Waals surface area contributed by atoms with Gasteiger partial charge in [-0.15, -0.1) is 0 Å². The van der Waals surface area contributed by atoms with Crippen molar-refractivity contribution in [3.8, 4) is 0 Å². The number of hydrogen-bond acceptors (Lipinski definition) is 17. The van der Waals surface area contributed by atoms with Gasteiger partial charge in [-0.2, -0.15) is 0 Å². The second-order valence-corrected chi connectivity index (χ2v) is 11.5. The van der Waals surface area contributed by atoms with E-state index in [0.717, 1.165) is 0 Å². The van der Waals surface area contributed by atoms with Gasteiger partial charge in [-0.1, -0.05) is 0 Å². The summed E-state index contributed by atoms with van der Waals surface area (Å²) < 4.78 is 37.5. The van der Waals surface area contributed by atoms with E-state index in [1.54, 1.807) is 0 Å². The summed E-state index contributed by atoms with van der Waals surface area (Å²) in [6, 6.07) is -4.06. The molecule has 3 rings (SSSR count). The number of amides is 1. The number of nitrogens with two attached hydrogens (primary N) is 5. The molecule has 2 unspecified atom stereocenters. The van der Waals surface area contributed by atoms with Crippen LogP contribution in [0, 0.1) is 0 Å². The third-order valence-corrected chi connectivity index (χ3v) is 8.28. The Morgan fingerprint density at radius 3 is 2.20 bits per heavy atom. The molecular formula is C25H50FN7O11. The first kappa shape index (κ1) is 37.2. The molecule has 18 N–H and O–H groups in total. The zero-order valence-corrected chi connectivity index (χ0v) is 24.4. The fourth-order valence-corrected chi connectivity index (χ4v) is 5.63. The van der Waals surface area contributed by atoms with Crippen LogP contribution in [-0.4, -0.2) is 167 Å². The van der Waals surface area contributed by atoms with Crippen molar-refractivity contribution in [1.29, 1.82) is 0 Å². The standard InChI is InChI=1S/C25H50FN7O11/c26-9(6-28)17(36)23(40)33-11-4-10(30)21(43-24-12(32-3-1-2-27)5-13(35)14(7-29)41-24)20(39)22(11)44-25-19(38)16(31)18(37)15(8-34)42-25/h9-22,24-25,32,34-39H,1-8,27-31H2,(H,33,40)/t9?,10-,11+,12+,13-,14+,15+,16-,17?,18+,19+,20-,21+,22-,24+,25+/m0/s1. The van der Waals surface area contributed by atoms with E-state index in [2.05, 4.69) is 10.6 Å². The Balaban J connectivity index is 1.87. The number of carbonyl (C=O) groups excluding carboxylic acids is 1. The minimum absolute atomic E-state index is 0.0224. The van der Waals surface area contributed by atoms with Crippen LogP contribution in [0.1, 0.15) is 19.3 Å². The van der Waals surface area contributed by atoms with Gasteiger partial charge in [0.25, 0.3) is 5.91 Å². The molecule has 18 nitrogen and oxygen atoms in total. The molecule has 16 atom stereocenters. The lowest BCUT2D eigenvalue weighted by molar-refractivity contribution is -0.316. The monoisotopic (exact) mass is 643 g/mol. The molecule has 2 saturated heterocycles. The van der Waals surface area contributed by atoms with Crippen molar-refractivity contribution >= 4 is 5.91 Å². The second kappa shape index (κ2) is 17.1. The molecule has 0 spiro atoms. The maximum atomic E-state index is 14.0. The summed E-state index contributed by atoms with van der Waals surface area (Å²) in [6.07, 6.45) is -16.6. The maximum Gasteiger partial charge on any atom is 0.252 e. The highest BCUT2D eigenvalue weighted by molar-refractivity contribution is 5.81. The summed E-state index contributed by atoms with van der Waals surface area (Å²) in [7, 11) is 0. The maximum absolute atomic E-state index is 14.0. The van der Waals surface area contributed by atoms with E-state index in [0.29, 0.717) is 19.5 Å². The third kappa shape index (κ3) is 8.76. The van der Waals surface area contributed by atoms with Gasteiger partial charge in [0, 0.05) is 19.1 Å². The number of aliphatic hydroxyl groups excluding tert-OH is 6. The summed E-state index contributed by atoms with van der Waals surface area (Å²) in [5.41, 5.74) is 28.9. The van der Waals surface area contributed by atoms with E-state index in [-0.39, 0.29) is 19.4 Å². The predicted molar refractivity (Wildman–Crippen MR) is 150 cm³/mol. The topological polar surface area (TPSA) is 330 Å². The predicted octanol–water partition coefficient (Wildman–Crippen LogP) is -7.50. The average Bonchev–Trinajstić information content (AvgIpc) is 3.00. The van der Waals surface area contributed by atoms with Gasteiger partial charge in [0.1, 0.15) is 42.8 Å². The van der Waals surface area contributed by atoms with Crippen LogP contribution < -0.4 is 39.3 Å². The minimum atomic E-state index is -2.14. The summed E-state index contributed by atoms with van der Waals surface area (Å²) in [6.45, 7) is -0.456. The van der Waals surface area contributed by atoms with Crippen molar-refractivity contribution in [3.63, 3.8) is 0 Å². The molecule has 0 radical (unpaired) electrons. The first-order valence-electron chi connectivity index (χ1n) is 14.8. The molecule has 1 saturated carbocycles.